The number of benzene rings is 1. The molecule has 0 saturated carbocycles. The van der Waals surface area contributed by atoms with Gasteiger partial charge in [-0.3, -0.25) is 14.7 Å². The molecule has 3 rings (SSSR count). The first-order valence-electron chi connectivity index (χ1n) is 7.81. The zero-order valence-electron chi connectivity index (χ0n) is 13.5. The van der Waals surface area contributed by atoms with Gasteiger partial charge in [-0.05, 0) is 17.7 Å². The molecule has 1 aromatic carbocycles. The smallest absolute Gasteiger partial charge is 0.325 e. The second kappa shape index (κ2) is 7.27. The van der Waals surface area contributed by atoms with E-state index in [1.54, 1.807) is 31.8 Å². The Labute approximate surface area is 140 Å². The van der Waals surface area contributed by atoms with E-state index in [4.69, 9.17) is 4.74 Å². The molecule has 7 heteroatoms. The largest absolute Gasteiger partial charge is 0.497 e. The molecule has 1 aliphatic heterocycles. The van der Waals surface area contributed by atoms with Crippen LogP contribution in [-0.2, 0) is 4.79 Å². The van der Waals surface area contributed by atoms with Crippen LogP contribution in [0.15, 0.2) is 42.9 Å². The summed E-state index contributed by atoms with van der Waals surface area (Å²) >= 11 is 0. The third-order valence-electron chi connectivity index (χ3n) is 4.20. The number of hydrogen-bond acceptors (Lipinski definition) is 6. The molecular formula is C17H20N4O3. The lowest BCUT2D eigenvalue weighted by atomic mass is 10.0. The number of carboxylic acids is 1. The SMILES string of the molecule is COc1cccc(C(C(=O)O)N2CCN(c3cnccn3)CC2)c1. The highest BCUT2D eigenvalue weighted by Crippen LogP contribution is 2.26. The van der Waals surface area contributed by atoms with E-state index in [0.717, 1.165) is 11.4 Å². The number of ether oxygens (including phenoxy) is 1. The fourth-order valence-electron chi connectivity index (χ4n) is 2.98. The molecule has 1 N–H and O–H groups in total. The minimum Gasteiger partial charge on any atom is -0.497 e. The number of methoxy groups -OCH3 is 1. The predicted octanol–water partition coefficient (Wildman–Crippen LogP) is 1.43. The number of nitrogens with zero attached hydrogens (tertiary/aromatic N) is 4. The first kappa shape index (κ1) is 16.2. The van der Waals surface area contributed by atoms with Crippen molar-refractivity contribution >= 4 is 11.8 Å². The van der Waals surface area contributed by atoms with Gasteiger partial charge in [-0.25, -0.2) is 4.98 Å². The van der Waals surface area contributed by atoms with Crippen molar-refractivity contribution in [2.75, 3.05) is 38.2 Å². The van der Waals surface area contributed by atoms with Gasteiger partial charge < -0.3 is 14.7 Å². The average Bonchev–Trinajstić information content (AvgIpc) is 2.63. The Bertz CT molecular complexity index is 687. The lowest BCUT2D eigenvalue weighted by Gasteiger charge is -2.38. The number of hydrogen-bond donors (Lipinski definition) is 1. The average molecular weight is 328 g/mol. The van der Waals surface area contributed by atoms with Gasteiger partial charge in [0.1, 0.15) is 17.6 Å². The maximum atomic E-state index is 11.8. The highest BCUT2D eigenvalue weighted by molar-refractivity contribution is 5.75. The monoisotopic (exact) mass is 328 g/mol. The lowest BCUT2D eigenvalue weighted by Crippen LogP contribution is -2.49. The Hall–Kier alpha value is -2.67. The van der Waals surface area contributed by atoms with Crippen LogP contribution >= 0.6 is 0 Å². The van der Waals surface area contributed by atoms with Crippen molar-refractivity contribution in [3.8, 4) is 5.75 Å². The Morgan fingerprint density at radius 3 is 2.67 bits per heavy atom. The molecule has 1 unspecified atom stereocenters. The molecule has 7 nitrogen and oxygen atoms in total. The van der Waals surface area contributed by atoms with Crippen molar-refractivity contribution in [1.82, 2.24) is 14.9 Å². The number of carbonyl (C=O) groups is 1. The fraction of sp³-hybridized carbons (Fsp3) is 0.353. The first-order chi connectivity index (χ1) is 11.7. The number of piperazine rings is 1. The number of carboxylic acid groups (broad SMARTS) is 1. The highest BCUT2D eigenvalue weighted by atomic mass is 16.5. The second-order valence-corrected chi connectivity index (χ2v) is 5.60. The van der Waals surface area contributed by atoms with Gasteiger partial charge in [-0.2, -0.15) is 0 Å². The molecule has 1 saturated heterocycles. The van der Waals surface area contributed by atoms with Crippen molar-refractivity contribution in [2.45, 2.75) is 6.04 Å². The number of aliphatic carboxylic acids is 1. The van der Waals surface area contributed by atoms with Crippen LogP contribution < -0.4 is 9.64 Å². The standard InChI is InChI=1S/C17H20N4O3/c1-24-14-4-2-3-13(11-14)16(17(22)23)21-9-7-20(8-10-21)15-12-18-5-6-19-15/h2-6,11-12,16H,7-10H2,1H3,(H,22,23). The highest BCUT2D eigenvalue weighted by Gasteiger charge is 2.30. The second-order valence-electron chi connectivity index (χ2n) is 5.60. The van der Waals surface area contributed by atoms with Crippen molar-refractivity contribution in [1.29, 1.82) is 0 Å². The maximum Gasteiger partial charge on any atom is 0.325 e. The summed E-state index contributed by atoms with van der Waals surface area (Å²) in [5, 5.41) is 9.71. The summed E-state index contributed by atoms with van der Waals surface area (Å²) < 4.78 is 5.21. The number of rotatable bonds is 5. The van der Waals surface area contributed by atoms with E-state index < -0.39 is 12.0 Å². The van der Waals surface area contributed by atoms with Crippen LogP contribution in [0, 0.1) is 0 Å². The molecule has 1 aliphatic rings. The minimum atomic E-state index is -0.851. The van der Waals surface area contributed by atoms with Crippen LogP contribution in [0.5, 0.6) is 5.75 Å². The summed E-state index contributed by atoms with van der Waals surface area (Å²) in [5.41, 5.74) is 0.731. The van der Waals surface area contributed by atoms with Crippen LogP contribution in [0.3, 0.4) is 0 Å². The molecular weight excluding hydrogens is 308 g/mol. The molecule has 1 aromatic heterocycles. The van der Waals surface area contributed by atoms with E-state index in [1.165, 1.54) is 0 Å². The van der Waals surface area contributed by atoms with Gasteiger partial charge >= 0.3 is 5.97 Å². The van der Waals surface area contributed by atoms with E-state index in [9.17, 15) is 9.90 Å². The van der Waals surface area contributed by atoms with Crippen molar-refractivity contribution in [3.05, 3.63) is 48.4 Å². The van der Waals surface area contributed by atoms with Crippen molar-refractivity contribution < 1.29 is 14.6 Å². The molecule has 0 spiro atoms. The molecule has 0 bridgehead atoms. The van der Waals surface area contributed by atoms with Gasteiger partial charge in [0, 0.05) is 38.6 Å². The third-order valence-corrected chi connectivity index (χ3v) is 4.20. The maximum absolute atomic E-state index is 11.8. The molecule has 2 aromatic rings. The van der Waals surface area contributed by atoms with E-state index in [0.29, 0.717) is 31.9 Å². The topological polar surface area (TPSA) is 78.8 Å². The fourth-order valence-corrected chi connectivity index (χ4v) is 2.98. The molecule has 2 heterocycles. The summed E-state index contributed by atoms with van der Waals surface area (Å²) in [6.07, 6.45) is 5.04. The summed E-state index contributed by atoms with van der Waals surface area (Å²) in [7, 11) is 1.58. The quantitative estimate of drug-likeness (QED) is 0.889. The van der Waals surface area contributed by atoms with Crippen LogP contribution in [-0.4, -0.2) is 59.2 Å². The van der Waals surface area contributed by atoms with E-state index in [2.05, 4.69) is 14.9 Å². The van der Waals surface area contributed by atoms with Crippen LogP contribution in [0.1, 0.15) is 11.6 Å². The van der Waals surface area contributed by atoms with Crippen LogP contribution in [0.2, 0.25) is 0 Å². The van der Waals surface area contributed by atoms with E-state index >= 15 is 0 Å². The zero-order valence-corrected chi connectivity index (χ0v) is 13.5. The zero-order chi connectivity index (χ0) is 16.9. The van der Waals surface area contributed by atoms with Crippen LogP contribution in [0.25, 0.3) is 0 Å². The number of aromatic nitrogens is 2. The summed E-state index contributed by atoms with van der Waals surface area (Å²) in [6.45, 7) is 2.72. The van der Waals surface area contributed by atoms with E-state index in [-0.39, 0.29) is 0 Å². The van der Waals surface area contributed by atoms with E-state index in [1.807, 2.05) is 23.1 Å². The summed E-state index contributed by atoms with van der Waals surface area (Å²) in [4.78, 5) is 24.3. The Kier molecular flexibility index (Phi) is 4.90. The molecule has 126 valence electrons. The molecule has 1 fully saturated rings. The molecule has 0 aliphatic carbocycles. The summed E-state index contributed by atoms with van der Waals surface area (Å²) in [6, 6.07) is 6.57. The molecule has 0 radical (unpaired) electrons. The van der Waals surface area contributed by atoms with Crippen LogP contribution in [0.4, 0.5) is 5.82 Å². The molecule has 24 heavy (non-hydrogen) atoms. The summed E-state index contributed by atoms with van der Waals surface area (Å²) in [5.74, 6) is 0.638. The molecule has 0 amide bonds. The predicted molar refractivity (Wildman–Crippen MR) is 89.2 cm³/mol. The normalized spacial score (nSPS) is 16.6. The number of anilines is 1. The Morgan fingerprint density at radius 2 is 2.04 bits per heavy atom. The lowest BCUT2D eigenvalue weighted by molar-refractivity contribution is -0.143. The third kappa shape index (κ3) is 3.46. The van der Waals surface area contributed by atoms with Gasteiger partial charge in [-0.1, -0.05) is 12.1 Å². The Balaban J connectivity index is 1.73. The molecule has 1 atom stereocenters. The minimum absolute atomic E-state index is 0.644. The van der Waals surface area contributed by atoms with Gasteiger partial charge in [0.25, 0.3) is 0 Å². The van der Waals surface area contributed by atoms with Gasteiger partial charge in [0.15, 0.2) is 0 Å². The van der Waals surface area contributed by atoms with Crippen molar-refractivity contribution in [2.24, 2.45) is 0 Å². The van der Waals surface area contributed by atoms with Gasteiger partial charge in [0.05, 0.1) is 13.3 Å². The van der Waals surface area contributed by atoms with Gasteiger partial charge in [0.2, 0.25) is 0 Å². The first-order valence-corrected chi connectivity index (χ1v) is 7.81. The van der Waals surface area contributed by atoms with Crippen molar-refractivity contribution in [3.63, 3.8) is 0 Å². The Morgan fingerprint density at radius 1 is 1.25 bits per heavy atom. The van der Waals surface area contributed by atoms with Gasteiger partial charge in [-0.15, -0.1) is 0 Å².